The molecule has 0 unspecified atom stereocenters. The van der Waals surface area contributed by atoms with Crippen LogP contribution in [0.3, 0.4) is 0 Å². The Hall–Kier alpha value is -7.68. The average molecular weight is 748 g/mol. The van der Waals surface area contributed by atoms with Gasteiger partial charge in [0.15, 0.2) is 0 Å². The number of rotatable bonds is 7. The predicted octanol–water partition coefficient (Wildman–Crippen LogP) is 16.0. The Morgan fingerprint density at radius 1 is 0.328 bits per heavy atom. The minimum absolute atomic E-state index is 0.0934. The number of furan rings is 1. The fraction of sp³-hybridized carbons (Fsp3) is 0. The normalized spacial score (nSPS) is 13.4. The lowest BCUT2D eigenvalue weighted by Gasteiger charge is -2.26. The molecule has 1 heterocycles. The summed E-state index contributed by atoms with van der Waals surface area (Å²) in [5.74, 6) is 0. The van der Waals surface area contributed by atoms with Gasteiger partial charge in [0.1, 0.15) is 11.2 Å². The van der Waals surface area contributed by atoms with E-state index in [-0.39, 0.29) is 46.7 Å². The lowest BCUT2D eigenvalue weighted by Crippen LogP contribution is -2.09. The molecular formula is C56H37NO. The number of fused-ring (bicyclic) bond motifs is 5. The van der Waals surface area contributed by atoms with Crippen LogP contribution in [0.25, 0.3) is 88.0 Å². The minimum atomic E-state index is -0.410. The Balaban J connectivity index is 1.11. The zero-order valence-corrected chi connectivity index (χ0v) is 31.1. The van der Waals surface area contributed by atoms with Crippen molar-refractivity contribution in [3.05, 3.63) is 224 Å². The third-order valence-corrected chi connectivity index (χ3v) is 10.8. The molecule has 0 fully saturated rings. The zero-order valence-electron chi connectivity index (χ0n) is 39.1. The fourth-order valence-electron chi connectivity index (χ4n) is 8.01. The van der Waals surface area contributed by atoms with Crippen molar-refractivity contribution in [3.8, 4) is 44.5 Å². The lowest BCUT2D eigenvalue weighted by atomic mass is 9.95. The van der Waals surface area contributed by atoms with E-state index >= 15 is 0 Å². The smallest absolute Gasteiger partial charge is 0.143 e. The molecule has 2 heteroatoms. The number of hydrogen-bond donors (Lipinski definition) is 0. The van der Waals surface area contributed by atoms with Crippen LogP contribution in [0.15, 0.2) is 229 Å². The third-order valence-electron chi connectivity index (χ3n) is 10.8. The monoisotopic (exact) mass is 747 g/mol. The fourth-order valence-corrected chi connectivity index (χ4v) is 8.01. The van der Waals surface area contributed by atoms with E-state index in [1.54, 1.807) is 24.3 Å². The molecule has 1 aromatic heterocycles. The molecule has 272 valence electrons. The van der Waals surface area contributed by atoms with Gasteiger partial charge in [0.25, 0.3) is 0 Å². The van der Waals surface area contributed by atoms with Gasteiger partial charge in [-0.15, -0.1) is 0 Å². The lowest BCUT2D eigenvalue weighted by molar-refractivity contribution is 0.670. The molecule has 0 aliphatic heterocycles. The third kappa shape index (κ3) is 5.91. The topological polar surface area (TPSA) is 16.4 Å². The molecule has 0 radical (unpaired) electrons. The summed E-state index contributed by atoms with van der Waals surface area (Å²) >= 11 is 0. The Morgan fingerprint density at radius 3 is 1.52 bits per heavy atom. The highest BCUT2D eigenvalue weighted by Gasteiger charge is 2.17. The van der Waals surface area contributed by atoms with Crippen LogP contribution in [0, 0.1) is 0 Å². The van der Waals surface area contributed by atoms with Crippen molar-refractivity contribution < 1.29 is 15.4 Å². The first kappa shape index (κ1) is 26.2. The van der Waals surface area contributed by atoms with Gasteiger partial charge in [-0.2, -0.15) is 0 Å². The molecule has 0 aliphatic rings. The highest BCUT2D eigenvalue weighted by atomic mass is 16.3. The molecule has 10 aromatic carbocycles. The molecule has 0 spiro atoms. The molecule has 0 saturated heterocycles. The largest absolute Gasteiger partial charge is 0.455 e. The van der Waals surface area contributed by atoms with Crippen LogP contribution < -0.4 is 4.90 Å². The second-order valence-electron chi connectivity index (χ2n) is 14.2. The molecular weight excluding hydrogens is 703 g/mol. The quantitative estimate of drug-likeness (QED) is 0.161. The summed E-state index contributed by atoms with van der Waals surface area (Å²) in [6.45, 7) is 0. The number of nitrogens with zero attached hydrogens (tertiary/aromatic N) is 1. The van der Waals surface area contributed by atoms with Crippen LogP contribution in [0.1, 0.15) is 11.0 Å². The minimum Gasteiger partial charge on any atom is -0.455 e. The van der Waals surface area contributed by atoms with E-state index in [2.05, 4.69) is 0 Å². The van der Waals surface area contributed by atoms with E-state index in [9.17, 15) is 11.0 Å². The molecule has 0 atom stereocenters. The summed E-state index contributed by atoms with van der Waals surface area (Å²) in [4.78, 5) is 1.34. The molecule has 11 aromatic rings. The maximum Gasteiger partial charge on any atom is 0.143 e. The van der Waals surface area contributed by atoms with Gasteiger partial charge in [0, 0.05) is 33.4 Å². The van der Waals surface area contributed by atoms with Gasteiger partial charge >= 0.3 is 0 Å². The maximum absolute atomic E-state index is 9.65. The molecule has 2 nitrogen and oxygen atoms in total. The summed E-state index contributed by atoms with van der Waals surface area (Å²) in [6.07, 6.45) is 0. The summed E-state index contributed by atoms with van der Waals surface area (Å²) < 4.78 is 82.8. The van der Waals surface area contributed by atoms with Crippen LogP contribution in [0.4, 0.5) is 17.1 Å². The predicted molar refractivity (Wildman–Crippen MR) is 245 cm³/mol. The van der Waals surface area contributed by atoms with Crippen LogP contribution in [0.2, 0.25) is 0 Å². The van der Waals surface area contributed by atoms with Crippen molar-refractivity contribution in [2.75, 3.05) is 4.90 Å². The molecule has 0 saturated carbocycles. The summed E-state index contributed by atoms with van der Waals surface area (Å²) in [5.41, 5.74) is 5.98. The Labute approximate surface area is 348 Å². The summed E-state index contributed by atoms with van der Waals surface area (Å²) in [7, 11) is 0. The standard InChI is InChI=1S/C56H37NO/c1-3-17-48-39(11-1)13-8-20-50(48)41-27-33-46(34-28-41)57(47-35-29-42(30-36-47)52-22-10-23-54-53-19-5-6-24-55(53)58-56(52)54)45-31-25-38(26-32-45)43-15-7-16-44(37-43)51-21-9-14-40-12-2-4-18-49(40)51/h1-37H/i25D,26D,27D,28D,31D,32D,33D,34D. The first-order chi connectivity index (χ1) is 32.1. The molecule has 0 bridgehead atoms. The molecule has 0 amide bonds. The van der Waals surface area contributed by atoms with Crippen LogP contribution in [0.5, 0.6) is 0 Å². The van der Waals surface area contributed by atoms with Gasteiger partial charge in [0.2, 0.25) is 0 Å². The molecule has 58 heavy (non-hydrogen) atoms. The molecule has 0 aliphatic carbocycles. The Morgan fingerprint density at radius 2 is 0.828 bits per heavy atom. The number of para-hydroxylation sites is 2. The van der Waals surface area contributed by atoms with Crippen molar-refractivity contribution in [1.29, 1.82) is 0 Å². The van der Waals surface area contributed by atoms with Crippen LogP contribution in [-0.2, 0) is 0 Å². The van der Waals surface area contributed by atoms with Crippen molar-refractivity contribution in [2.24, 2.45) is 0 Å². The van der Waals surface area contributed by atoms with E-state index in [1.165, 1.54) is 4.90 Å². The van der Waals surface area contributed by atoms with Gasteiger partial charge in [-0.05, 0) is 109 Å². The number of anilines is 3. The van der Waals surface area contributed by atoms with E-state index in [0.29, 0.717) is 22.4 Å². The van der Waals surface area contributed by atoms with Gasteiger partial charge in [-0.25, -0.2) is 0 Å². The Kier molecular flexibility index (Phi) is 6.38. The summed E-state index contributed by atoms with van der Waals surface area (Å²) in [6, 6.07) is 52.7. The van der Waals surface area contributed by atoms with Crippen molar-refractivity contribution in [1.82, 2.24) is 0 Å². The second kappa shape index (κ2) is 14.1. The molecule has 0 N–H and O–H groups in total. The van der Waals surface area contributed by atoms with Gasteiger partial charge in [-0.3, -0.25) is 0 Å². The van der Waals surface area contributed by atoms with E-state index in [1.807, 2.05) is 152 Å². The highest BCUT2D eigenvalue weighted by Crippen LogP contribution is 2.41. The number of benzene rings is 10. The first-order valence-electron chi connectivity index (χ1n) is 23.2. The van der Waals surface area contributed by atoms with E-state index in [0.717, 1.165) is 60.2 Å². The van der Waals surface area contributed by atoms with Gasteiger partial charge in [0.05, 0.1) is 11.0 Å². The maximum atomic E-state index is 9.65. The van der Waals surface area contributed by atoms with Gasteiger partial charge in [-0.1, -0.05) is 176 Å². The van der Waals surface area contributed by atoms with Crippen LogP contribution in [-0.4, -0.2) is 0 Å². The van der Waals surface area contributed by atoms with Crippen molar-refractivity contribution >= 4 is 60.5 Å². The van der Waals surface area contributed by atoms with Crippen molar-refractivity contribution in [2.45, 2.75) is 0 Å². The first-order valence-corrected chi connectivity index (χ1v) is 19.2. The zero-order chi connectivity index (χ0) is 45.4. The number of hydrogen-bond acceptors (Lipinski definition) is 2. The summed E-state index contributed by atoms with van der Waals surface area (Å²) in [5, 5.41) is 5.68. The SMILES string of the molecule is [2H]c1c([2H])c(N(c2ccc(-c3cccc4c3oc3ccccc34)cc2)c2c([2H])c([2H])c(-c3cccc4ccccc34)c([2H])c2[2H])c([2H])c([2H])c1-c1cccc(-c2cccc3ccccc23)c1. The average Bonchev–Trinajstić information content (AvgIpc) is 3.74. The van der Waals surface area contributed by atoms with E-state index < -0.39 is 24.2 Å². The highest BCUT2D eigenvalue weighted by molar-refractivity contribution is 6.09. The Bertz CT molecular complexity index is 3700. The molecule has 11 rings (SSSR count). The van der Waals surface area contributed by atoms with E-state index in [4.69, 9.17) is 4.42 Å². The van der Waals surface area contributed by atoms with Crippen molar-refractivity contribution in [3.63, 3.8) is 0 Å². The van der Waals surface area contributed by atoms with Crippen LogP contribution >= 0.6 is 0 Å². The van der Waals surface area contributed by atoms with Gasteiger partial charge < -0.3 is 9.32 Å². The second-order valence-corrected chi connectivity index (χ2v) is 14.2.